The third-order valence-corrected chi connectivity index (χ3v) is 5.26. The van der Waals surface area contributed by atoms with E-state index in [4.69, 9.17) is 0 Å². The van der Waals surface area contributed by atoms with Gasteiger partial charge in [-0.05, 0) is 35.9 Å². The molecule has 2 aromatic heterocycles. The van der Waals surface area contributed by atoms with Crippen molar-refractivity contribution in [3.63, 3.8) is 0 Å². The summed E-state index contributed by atoms with van der Waals surface area (Å²) in [7, 11) is 2.02. The van der Waals surface area contributed by atoms with Crippen LogP contribution in [-0.4, -0.2) is 26.3 Å². The third-order valence-electron chi connectivity index (χ3n) is 5.26. The number of rotatable bonds is 3. The minimum Gasteiger partial charge on any atom is -0.344 e. The monoisotopic (exact) mass is 367 g/mol. The fourth-order valence-electron chi connectivity index (χ4n) is 3.85. The van der Waals surface area contributed by atoms with Crippen molar-refractivity contribution in [3.05, 3.63) is 89.7 Å². The largest absolute Gasteiger partial charge is 0.344 e. The van der Waals surface area contributed by atoms with Crippen molar-refractivity contribution in [1.82, 2.24) is 14.5 Å². The van der Waals surface area contributed by atoms with E-state index in [2.05, 4.69) is 27.8 Å². The zero-order valence-corrected chi connectivity index (χ0v) is 15.3. The average molecular weight is 367 g/mol. The number of imide groups is 1. The number of nitrogens with zero attached hydrogens (tertiary/aromatic N) is 3. The van der Waals surface area contributed by atoms with Gasteiger partial charge in [-0.3, -0.25) is 19.5 Å². The molecule has 1 aliphatic rings. The predicted octanol–water partition coefficient (Wildman–Crippen LogP) is 4.04. The summed E-state index contributed by atoms with van der Waals surface area (Å²) in [5.74, 6) is -0.508. The number of hydrogen-bond acceptors (Lipinski definition) is 3. The molecule has 0 unspecified atom stereocenters. The highest BCUT2D eigenvalue weighted by molar-refractivity contribution is 6.21. The molecule has 0 saturated carbocycles. The van der Waals surface area contributed by atoms with Gasteiger partial charge in [-0.2, -0.15) is 0 Å². The first-order valence-electron chi connectivity index (χ1n) is 9.07. The normalized spacial score (nSPS) is 13.4. The Balaban J connectivity index is 1.49. The average Bonchev–Trinajstić information content (AvgIpc) is 3.19. The summed E-state index contributed by atoms with van der Waals surface area (Å²) in [6.45, 7) is 0.205. The quantitative estimate of drug-likeness (QED) is 0.514. The maximum Gasteiger partial charge on any atom is 0.261 e. The number of hydrogen-bond donors (Lipinski definition) is 0. The van der Waals surface area contributed by atoms with Crippen LogP contribution in [0, 0.1) is 0 Å². The molecule has 5 rings (SSSR count). The number of benzene rings is 2. The van der Waals surface area contributed by atoms with E-state index in [9.17, 15) is 9.59 Å². The Hall–Kier alpha value is -3.73. The second kappa shape index (κ2) is 6.16. The second-order valence-electron chi connectivity index (χ2n) is 6.97. The summed E-state index contributed by atoms with van der Waals surface area (Å²) in [4.78, 5) is 30.9. The summed E-state index contributed by atoms with van der Waals surface area (Å²) >= 11 is 0. The molecular formula is C23H17N3O2. The minimum atomic E-state index is -0.254. The lowest BCUT2D eigenvalue weighted by Gasteiger charge is -2.14. The third kappa shape index (κ3) is 2.44. The van der Waals surface area contributed by atoms with E-state index >= 15 is 0 Å². The van der Waals surface area contributed by atoms with Crippen LogP contribution in [0.2, 0.25) is 0 Å². The molecule has 1 aliphatic heterocycles. The standard InChI is InChI=1S/C23H17N3O2/c1-25-20-9-5-2-6-16(20)11-21(25)17-10-15(12-24-13-17)14-26-22(27)18-7-3-4-8-19(18)23(26)28/h2-13H,14H2,1H3. The van der Waals surface area contributed by atoms with Crippen LogP contribution in [0.4, 0.5) is 0 Å². The number of fused-ring (bicyclic) bond motifs is 2. The molecule has 136 valence electrons. The Morgan fingerprint density at radius 2 is 1.54 bits per heavy atom. The first kappa shape index (κ1) is 16.4. The van der Waals surface area contributed by atoms with Crippen molar-refractivity contribution in [2.24, 2.45) is 7.05 Å². The molecule has 0 bridgehead atoms. The van der Waals surface area contributed by atoms with Crippen molar-refractivity contribution in [2.75, 3.05) is 0 Å². The van der Waals surface area contributed by atoms with Gasteiger partial charge >= 0.3 is 0 Å². The van der Waals surface area contributed by atoms with Crippen molar-refractivity contribution < 1.29 is 9.59 Å². The number of carbonyl (C=O) groups excluding carboxylic acids is 2. The van der Waals surface area contributed by atoms with Crippen molar-refractivity contribution in [3.8, 4) is 11.3 Å². The molecule has 2 aromatic carbocycles. The Morgan fingerprint density at radius 1 is 0.857 bits per heavy atom. The Bertz CT molecular complexity index is 1220. The molecule has 4 aromatic rings. The Labute approximate surface area is 161 Å². The molecular weight excluding hydrogens is 350 g/mol. The van der Waals surface area contributed by atoms with Crippen LogP contribution in [-0.2, 0) is 13.6 Å². The van der Waals surface area contributed by atoms with Gasteiger partial charge in [0, 0.05) is 35.9 Å². The summed E-state index contributed by atoms with van der Waals surface area (Å²) in [5, 5.41) is 1.16. The Morgan fingerprint density at radius 3 is 2.25 bits per heavy atom. The maximum absolute atomic E-state index is 12.6. The molecule has 0 fully saturated rings. The van der Waals surface area contributed by atoms with Gasteiger partial charge in [0.15, 0.2) is 0 Å². The molecule has 0 saturated heterocycles. The van der Waals surface area contributed by atoms with Crippen LogP contribution in [0.25, 0.3) is 22.2 Å². The summed E-state index contributed by atoms with van der Waals surface area (Å²) in [6.07, 6.45) is 3.51. The van der Waals surface area contributed by atoms with E-state index in [0.29, 0.717) is 11.1 Å². The van der Waals surface area contributed by atoms with Gasteiger partial charge in [0.2, 0.25) is 0 Å². The van der Waals surface area contributed by atoms with Crippen LogP contribution >= 0.6 is 0 Å². The van der Waals surface area contributed by atoms with Gasteiger partial charge in [0.1, 0.15) is 0 Å². The van der Waals surface area contributed by atoms with E-state index in [-0.39, 0.29) is 18.4 Å². The lowest BCUT2D eigenvalue weighted by atomic mass is 10.1. The number of pyridine rings is 1. The van der Waals surface area contributed by atoms with Crippen LogP contribution in [0.1, 0.15) is 26.3 Å². The summed E-state index contributed by atoms with van der Waals surface area (Å²) in [5.41, 5.74) is 4.88. The molecule has 28 heavy (non-hydrogen) atoms. The van der Waals surface area contributed by atoms with Crippen LogP contribution in [0.3, 0.4) is 0 Å². The molecule has 5 heteroatoms. The van der Waals surface area contributed by atoms with Crippen molar-refractivity contribution >= 4 is 22.7 Å². The van der Waals surface area contributed by atoms with Crippen molar-refractivity contribution in [1.29, 1.82) is 0 Å². The number of para-hydroxylation sites is 1. The fraction of sp³-hybridized carbons (Fsp3) is 0.0870. The molecule has 0 radical (unpaired) electrons. The van der Waals surface area contributed by atoms with Crippen LogP contribution < -0.4 is 0 Å². The highest BCUT2D eigenvalue weighted by Gasteiger charge is 2.35. The van der Waals surface area contributed by atoms with E-state index in [1.54, 1.807) is 36.7 Å². The van der Waals surface area contributed by atoms with Gasteiger partial charge in [-0.25, -0.2) is 0 Å². The molecule has 0 aliphatic carbocycles. The lowest BCUT2D eigenvalue weighted by molar-refractivity contribution is 0.0642. The van der Waals surface area contributed by atoms with Crippen LogP contribution in [0.5, 0.6) is 0 Å². The SMILES string of the molecule is Cn1c(-c2cncc(CN3C(=O)c4ccccc4C3=O)c2)cc2ccccc21. The van der Waals surface area contributed by atoms with E-state index in [1.165, 1.54) is 4.90 Å². The second-order valence-corrected chi connectivity index (χ2v) is 6.97. The van der Waals surface area contributed by atoms with E-state index in [0.717, 1.165) is 27.7 Å². The van der Waals surface area contributed by atoms with Crippen LogP contribution in [0.15, 0.2) is 73.1 Å². The number of amides is 2. The van der Waals surface area contributed by atoms with Crippen molar-refractivity contribution in [2.45, 2.75) is 6.54 Å². The zero-order valence-electron chi connectivity index (χ0n) is 15.3. The maximum atomic E-state index is 12.6. The van der Waals surface area contributed by atoms with Gasteiger partial charge in [-0.15, -0.1) is 0 Å². The predicted molar refractivity (Wildman–Crippen MR) is 107 cm³/mol. The van der Waals surface area contributed by atoms with E-state index < -0.39 is 0 Å². The van der Waals surface area contributed by atoms with E-state index in [1.807, 2.05) is 25.2 Å². The number of carbonyl (C=O) groups is 2. The van der Waals surface area contributed by atoms with Gasteiger partial charge in [-0.1, -0.05) is 30.3 Å². The number of aryl methyl sites for hydroxylation is 1. The first-order valence-corrected chi connectivity index (χ1v) is 9.07. The summed E-state index contributed by atoms with van der Waals surface area (Å²) < 4.78 is 2.12. The Kier molecular flexibility index (Phi) is 3.62. The highest BCUT2D eigenvalue weighted by atomic mass is 16.2. The smallest absolute Gasteiger partial charge is 0.261 e. The van der Waals surface area contributed by atoms with Gasteiger partial charge in [0.25, 0.3) is 11.8 Å². The molecule has 5 nitrogen and oxygen atoms in total. The van der Waals surface area contributed by atoms with Gasteiger partial charge < -0.3 is 4.57 Å². The minimum absolute atomic E-state index is 0.205. The lowest BCUT2D eigenvalue weighted by Crippen LogP contribution is -2.29. The molecule has 2 amide bonds. The highest BCUT2D eigenvalue weighted by Crippen LogP contribution is 2.28. The topological polar surface area (TPSA) is 55.2 Å². The van der Waals surface area contributed by atoms with Gasteiger partial charge in [0.05, 0.1) is 23.4 Å². The summed E-state index contributed by atoms with van der Waals surface area (Å²) in [6, 6.07) is 19.2. The molecule has 0 atom stereocenters. The molecule has 3 heterocycles. The fourth-order valence-corrected chi connectivity index (χ4v) is 3.85. The first-order chi connectivity index (χ1) is 13.6. The molecule has 0 N–H and O–H groups in total. The molecule has 0 spiro atoms. The zero-order chi connectivity index (χ0) is 19.3. The number of aromatic nitrogens is 2.